The van der Waals surface area contributed by atoms with Crippen LogP contribution in [0.25, 0.3) is 0 Å². The van der Waals surface area contributed by atoms with E-state index in [-0.39, 0.29) is 28.4 Å². The summed E-state index contributed by atoms with van der Waals surface area (Å²) in [6, 6.07) is 8.20. The first-order valence-corrected chi connectivity index (χ1v) is 10.5. The maximum absolute atomic E-state index is 12.3. The number of anilines is 2. The Bertz CT molecular complexity index is 917. The molecule has 9 nitrogen and oxygen atoms in total. The third-order valence-electron chi connectivity index (χ3n) is 4.92. The molecule has 0 aliphatic carbocycles. The summed E-state index contributed by atoms with van der Waals surface area (Å²) in [4.78, 5) is 32.1. The van der Waals surface area contributed by atoms with Crippen molar-refractivity contribution >= 4 is 35.1 Å². The van der Waals surface area contributed by atoms with Crippen LogP contribution < -0.4 is 22.1 Å². The lowest BCUT2D eigenvalue weighted by Gasteiger charge is -2.30. The summed E-state index contributed by atoms with van der Waals surface area (Å²) in [6.07, 6.45) is 1.18. The zero-order chi connectivity index (χ0) is 23.0. The zero-order valence-corrected chi connectivity index (χ0v) is 19.0. The van der Waals surface area contributed by atoms with Crippen molar-refractivity contribution in [2.45, 2.75) is 19.8 Å². The highest BCUT2D eigenvalue weighted by atomic mass is 35.5. The van der Waals surface area contributed by atoms with Crippen molar-refractivity contribution in [3.05, 3.63) is 46.2 Å². The molecular formula is C21H31ClN7O2+. The SMILES string of the molecule is Cc1ccc(CCC(=O)NCC[N+](C)(C)CCNC(=O)c2nc(Cl)c(N)nc2N)cc1. The molecule has 2 rings (SSSR count). The second-order valence-corrected chi connectivity index (χ2v) is 8.47. The molecule has 31 heavy (non-hydrogen) atoms. The average Bonchev–Trinajstić information content (AvgIpc) is 2.70. The van der Waals surface area contributed by atoms with E-state index in [0.717, 1.165) is 18.5 Å². The standard InChI is InChI=1S/C21H30ClN7O2/c1-14-4-6-15(7-5-14)8-9-16(30)25-10-12-29(2,3)13-11-26-21(31)17-19(23)28-20(24)18(22)27-17/h4-7H,8-13H2,1-3H3,(H5-,23,24,25,26,28,30,31)/p+1. The van der Waals surface area contributed by atoms with E-state index in [1.807, 2.05) is 21.0 Å². The van der Waals surface area contributed by atoms with Crippen LogP contribution in [-0.2, 0) is 11.2 Å². The number of quaternary nitrogens is 1. The van der Waals surface area contributed by atoms with Gasteiger partial charge in [0.05, 0.1) is 40.3 Å². The Kier molecular flexibility index (Phi) is 8.58. The van der Waals surface area contributed by atoms with Gasteiger partial charge in [0, 0.05) is 6.42 Å². The van der Waals surface area contributed by atoms with E-state index < -0.39 is 5.91 Å². The highest BCUT2D eigenvalue weighted by molar-refractivity contribution is 6.31. The summed E-state index contributed by atoms with van der Waals surface area (Å²) < 4.78 is 0.613. The lowest BCUT2D eigenvalue weighted by Crippen LogP contribution is -2.49. The van der Waals surface area contributed by atoms with Crippen molar-refractivity contribution in [3.63, 3.8) is 0 Å². The number of nitrogens with one attached hydrogen (secondary N) is 2. The summed E-state index contributed by atoms with van der Waals surface area (Å²) in [5.41, 5.74) is 13.5. The first kappa shape index (κ1) is 24.4. The number of amides is 2. The third-order valence-corrected chi connectivity index (χ3v) is 5.20. The normalized spacial score (nSPS) is 11.2. The second-order valence-electron chi connectivity index (χ2n) is 8.11. The minimum absolute atomic E-state index is 0.0190. The van der Waals surface area contributed by atoms with Gasteiger partial charge in [-0.2, -0.15) is 0 Å². The molecule has 1 aromatic heterocycles. The predicted molar refractivity (Wildman–Crippen MR) is 123 cm³/mol. The maximum Gasteiger partial charge on any atom is 0.273 e. The molecule has 0 aliphatic heterocycles. The monoisotopic (exact) mass is 448 g/mol. The van der Waals surface area contributed by atoms with Crippen LogP contribution in [0.1, 0.15) is 28.0 Å². The lowest BCUT2D eigenvalue weighted by molar-refractivity contribution is -0.887. The van der Waals surface area contributed by atoms with Gasteiger partial charge in [-0.3, -0.25) is 9.59 Å². The molecule has 0 fully saturated rings. The molecular weight excluding hydrogens is 418 g/mol. The summed E-state index contributed by atoms with van der Waals surface area (Å²) in [5.74, 6) is -0.518. The molecule has 0 atom stereocenters. The number of likely N-dealkylation sites (N-methyl/N-ethyl adjacent to an activating group) is 1. The van der Waals surface area contributed by atoms with Crippen LogP contribution in [0.15, 0.2) is 24.3 Å². The molecule has 1 heterocycles. The van der Waals surface area contributed by atoms with E-state index in [0.29, 0.717) is 30.5 Å². The number of halogens is 1. The maximum atomic E-state index is 12.3. The Morgan fingerprint density at radius 1 is 1.00 bits per heavy atom. The zero-order valence-electron chi connectivity index (χ0n) is 18.2. The van der Waals surface area contributed by atoms with Gasteiger partial charge in [0.25, 0.3) is 5.91 Å². The Morgan fingerprint density at radius 2 is 1.61 bits per heavy atom. The predicted octanol–water partition coefficient (Wildman–Crippen LogP) is 1.16. The van der Waals surface area contributed by atoms with Gasteiger partial charge < -0.3 is 26.6 Å². The molecule has 0 bridgehead atoms. The number of carbonyl (C=O) groups excluding carboxylic acids is 2. The molecule has 10 heteroatoms. The number of nitrogens with two attached hydrogens (primary N) is 2. The van der Waals surface area contributed by atoms with Gasteiger partial charge in [-0.25, -0.2) is 9.97 Å². The smallest absolute Gasteiger partial charge is 0.273 e. The third kappa shape index (κ3) is 8.03. The van der Waals surface area contributed by atoms with Gasteiger partial charge in [-0.05, 0) is 18.9 Å². The highest BCUT2D eigenvalue weighted by Gasteiger charge is 2.19. The Morgan fingerprint density at radius 3 is 2.26 bits per heavy atom. The Hall–Kier alpha value is -2.91. The van der Waals surface area contributed by atoms with Gasteiger partial charge in [-0.15, -0.1) is 0 Å². The Labute approximate surface area is 187 Å². The van der Waals surface area contributed by atoms with Crippen LogP contribution in [0.2, 0.25) is 5.15 Å². The topological polar surface area (TPSA) is 136 Å². The Balaban J connectivity index is 1.69. The van der Waals surface area contributed by atoms with Crippen molar-refractivity contribution in [2.75, 3.05) is 51.7 Å². The van der Waals surface area contributed by atoms with Gasteiger partial charge >= 0.3 is 0 Å². The molecule has 6 N–H and O–H groups in total. The van der Waals surface area contributed by atoms with Crippen molar-refractivity contribution in [3.8, 4) is 0 Å². The van der Waals surface area contributed by atoms with Gasteiger partial charge in [-0.1, -0.05) is 41.4 Å². The van der Waals surface area contributed by atoms with Gasteiger partial charge in [0.1, 0.15) is 0 Å². The highest BCUT2D eigenvalue weighted by Crippen LogP contribution is 2.17. The van der Waals surface area contributed by atoms with Gasteiger partial charge in [0.15, 0.2) is 22.5 Å². The van der Waals surface area contributed by atoms with Crippen LogP contribution in [0.5, 0.6) is 0 Å². The molecule has 0 unspecified atom stereocenters. The van der Waals surface area contributed by atoms with E-state index in [9.17, 15) is 9.59 Å². The van der Waals surface area contributed by atoms with E-state index in [2.05, 4.69) is 44.9 Å². The molecule has 2 amide bonds. The average molecular weight is 449 g/mol. The molecule has 0 radical (unpaired) electrons. The van der Waals surface area contributed by atoms with Crippen molar-refractivity contribution in [2.24, 2.45) is 0 Å². The van der Waals surface area contributed by atoms with Crippen LogP contribution in [0, 0.1) is 6.92 Å². The number of hydrogen-bond donors (Lipinski definition) is 4. The van der Waals surface area contributed by atoms with E-state index >= 15 is 0 Å². The number of aromatic nitrogens is 2. The minimum atomic E-state index is -0.462. The van der Waals surface area contributed by atoms with Crippen LogP contribution >= 0.6 is 11.6 Å². The fourth-order valence-electron chi connectivity index (χ4n) is 2.88. The molecule has 0 aliphatic rings. The van der Waals surface area contributed by atoms with Crippen molar-refractivity contribution in [1.82, 2.24) is 20.6 Å². The first-order chi connectivity index (χ1) is 14.6. The van der Waals surface area contributed by atoms with Crippen molar-refractivity contribution < 1.29 is 14.1 Å². The number of nitrogens with zero attached hydrogens (tertiary/aromatic N) is 3. The summed E-state index contributed by atoms with van der Waals surface area (Å²) >= 11 is 5.81. The van der Waals surface area contributed by atoms with Crippen LogP contribution in [-0.4, -0.2) is 66.5 Å². The largest absolute Gasteiger partial charge is 0.382 e. The summed E-state index contributed by atoms with van der Waals surface area (Å²) in [7, 11) is 4.05. The molecule has 1 aromatic carbocycles. The molecule has 0 saturated heterocycles. The van der Waals surface area contributed by atoms with Crippen LogP contribution in [0.4, 0.5) is 11.6 Å². The van der Waals surface area contributed by atoms with Crippen LogP contribution in [0.3, 0.4) is 0 Å². The molecule has 168 valence electrons. The first-order valence-electron chi connectivity index (χ1n) is 10.1. The minimum Gasteiger partial charge on any atom is -0.382 e. The van der Waals surface area contributed by atoms with Crippen molar-refractivity contribution in [1.29, 1.82) is 0 Å². The lowest BCUT2D eigenvalue weighted by atomic mass is 10.1. The quantitative estimate of drug-likeness (QED) is 0.402. The molecule has 2 aromatic rings. The van der Waals surface area contributed by atoms with E-state index in [1.54, 1.807) is 0 Å². The number of nitrogen functional groups attached to an aromatic ring is 2. The molecule has 0 saturated carbocycles. The summed E-state index contributed by atoms with van der Waals surface area (Å²) in [6.45, 7) is 4.37. The molecule has 0 spiro atoms. The fraction of sp³-hybridized carbons (Fsp3) is 0.429. The number of aryl methyl sites for hydroxylation is 2. The van der Waals surface area contributed by atoms with E-state index in [4.69, 9.17) is 23.1 Å². The second kappa shape index (κ2) is 10.9. The number of rotatable bonds is 10. The number of benzene rings is 1. The fourth-order valence-corrected chi connectivity index (χ4v) is 3.00. The summed E-state index contributed by atoms with van der Waals surface area (Å²) in [5, 5.41) is 5.66. The number of hydrogen-bond acceptors (Lipinski definition) is 6. The number of carbonyl (C=O) groups is 2. The van der Waals surface area contributed by atoms with Gasteiger partial charge in [0.2, 0.25) is 5.91 Å². The van der Waals surface area contributed by atoms with E-state index in [1.165, 1.54) is 5.56 Å².